The van der Waals surface area contributed by atoms with E-state index in [0.717, 1.165) is 57.5 Å². The van der Waals surface area contributed by atoms with Crippen molar-refractivity contribution in [3.8, 4) is 0 Å². The van der Waals surface area contributed by atoms with Crippen LogP contribution in [-0.2, 0) is 0 Å². The fourth-order valence-electron chi connectivity index (χ4n) is 3.97. The standard InChI is InChI=1S/C20H31N7O/c1-15(27(20(22)28)18-5-3-4-6-18)23-19(21)24-16-7-9-17(10-8-16)26-13-11-25(2)12-14-26/h7-10,18H,3-6,11-14H2,1-2H3,(H2,21,24)(H2,22,28)/b23-15+. The minimum Gasteiger partial charge on any atom is -0.369 e. The van der Waals surface area contributed by atoms with Crippen molar-refractivity contribution in [3.63, 3.8) is 0 Å². The van der Waals surface area contributed by atoms with Gasteiger partial charge in [-0.3, -0.25) is 10.3 Å². The predicted molar refractivity (Wildman–Crippen MR) is 114 cm³/mol. The van der Waals surface area contributed by atoms with E-state index in [4.69, 9.17) is 11.1 Å². The number of urea groups is 1. The van der Waals surface area contributed by atoms with Crippen LogP contribution >= 0.6 is 0 Å². The quantitative estimate of drug-likeness (QED) is 0.550. The molecule has 1 aliphatic carbocycles. The summed E-state index contributed by atoms with van der Waals surface area (Å²) in [5.74, 6) is 0.458. The number of nitrogens with two attached hydrogens (primary N) is 1. The van der Waals surface area contributed by atoms with Crippen LogP contribution in [0.4, 0.5) is 16.2 Å². The zero-order chi connectivity index (χ0) is 20.1. The van der Waals surface area contributed by atoms with Crippen LogP contribution in [0.1, 0.15) is 32.6 Å². The van der Waals surface area contributed by atoms with Gasteiger partial charge in [-0.05, 0) is 51.1 Å². The van der Waals surface area contributed by atoms with Gasteiger partial charge in [0.15, 0.2) is 0 Å². The van der Waals surface area contributed by atoms with Crippen molar-refractivity contribution in [3.05, 3.63) is 24.3 Å². The smallest absolute Gasteiger partial charge is 0.320 e. The van der Waals surface area contributed by atoms with Crippen LogP contribution in [0.15, 0.2) is 29.3 Å². The van der Waals surface area contributed by atoms with Gasteiger partial charge in [0.25, 0.3) is 0 Å². The first kappa shape index (κ1) is 20.1. The maximum absolute atomic E-state index is 11.8. The minimum atomic E-state index is -0.502. The van der Waals surface area contributed by atoms with E-state index in [1.165, 1.54) is 10.6 Å². The molecule has 0 unspecified atom stereocenters. The highest BCUT2D eigenvalue weighted by molar-refractivity contribution is 6.05. The number of carbonyl (C=O) groups excluding carboxylic acids is 1. The van der Waals surface area contributed by atoms with Gasteiger partial charge in [-0.2, -0.15) is 0 Å². The number of anilines is 2. The van der Waals surface area contributed by atoms with Gasteiger partial charge in [0.05, 0.1) is 0 Å². The van der Waals surface area contributed by atoms with E-state index in [-0.39, 0.29) is 12.0 Å². The maximum atomic E-state index is 11.8. The van der Waals surface area contributed by atoms with E-state index < -0.39 is 6.03 Å². The third kappa shape index (κ3) is 5.01. The molecular weight excluding hydrogens is 354 g/mol. The summed E-state index contributed by atoms with van der Waals surface area (Å²) >= 11 is 0. The highest BCUT2D eigenvalue weighted by atomic mass is 16.2. The molecule has 1 aromatic rings. The second-order valence-electron chi connectivity index (χ2n) is 7.62. The summed E-state index contributed by atoms with van der Waals surface area (Å²) in [5, 5.41) is 11.1. The summed E-state index contributed by atoms with van der Waals surface area (Å²) in [6.07, 6.45) is 4.06. The molecule has 0 spiro atoms. The molecule has 4 N–H and O–H groups in total. The Bertz CT molecular complexity index is 717. The first-order chi connectivity index (χ1) is 13.4. The molecule has 3 rings (SSSR count). The molecule has 1 saturated heterocycles. The first-order valence-corrected chi connectivity index (χ1v) is 9.97. The van der Waals surface area contributed by atoms with Crippen molar-refractivity contribution in [2.75, 3.05) is 43.4 Å². The molecule has 1 saturated carbocycles. The number of likely N-dealkylation sites (N-methyl/N-ethyl adjacent to an activating group) is 1. The van der Waals surface area contributed by atoms with Gasteiger partial charge < -0.3 is 20.9 Å². The summed E-state index contributed by atoms with van der Waals surface area (Å²) in [6.45, 7) is 5.90. The molecule has 8 nitrogen and oxygen atoms in total. The number of aliphatic imine (C=N–C) groups is 1. The summed E-state index contributed by atoms with van der Waals surface area (Å²) in [4.78, 5) is 22.3. The van der Waals surface area contributed by atoms with Crippen molar-refractivity contribution in [2.24, 2.45) is 10.7 Å². The topological polar surface area (TPSA) is 101 Å². The lowest BCUT2D eigenvalue weighted by atomic mass is 10.2. The highest BCUT2D eigenvalue weighted by Crippen LogP contribution is 2.24. The second-order valence-corrected chi connectivity index (χ2v) is 7.62. The summed E-state index contributed by atoms with van der Waals surface area (Å²) in [6, 6.07) is 7.62. The lowest BCUT2D eigenvalue weighted by Crippen LogP contribution is -2.45. The summed E-state index contributed by atoms with van der Waals surface area (Å²) in [7, 11) is 2.14. The largest absolute Gasteiger partial charge is 0.369 e. The molecule has 2 fully saturated rings. The van der Waals surface area contributed by atoms with E-state index in [1.807, 2.05) is 12.1 Å². The van der Waals surface area contributed by atoms with E-state index in [9.17, 15) is 4.79 Å². The molecule has 2 aliphatic rings. The van der Waals surface area contributed by atoms with Crippen LogP contribution in [0, 0.1) is 5.41 Å². The Morgan fingerprint density at radius 3 is 2.36 bits per heavy atom. The molecule has 1 aromatic carbocycles. The third-order valence-electron chi connectivity index (χ3n) is 5.55. The van der Waals surface area contributed by atoms with E-state index >= 15 is 0 Å². The fraction of sp³-hybridized carbons (Fsp3) is 0.550. The van der Waals surface area contributed by atoms with Crippen molar-refractivity contribution < 1.29 is 4.79 Å². The van der Waals surface area contributed by atoms with Crippen molar-refractivity contribution >= 4 is 29.2 Å². The molecule has 2 amide bonds. The molecule has 8 heteroatoms. The average molecular weight is 386 g/mol. The van der Waals surface area contributed by atoms with Gasteiger partial charge in [0.1, 0.15) is 5.84 Å². The van der Waals surface area contributed by atoms with Gasteiger partial charge >= 0.3 is 6.03 Å². The SMILES string of the molecule is C/C(=N\C(=N)Nc1ccc(N2CCN(C)CC2)cc1)N(C(N)=O)C1CCCC1. The number of primary amides is 1. The molecule has 1 aliphatic heterocycles. The number of nitrogens with zero attached hydrogens (tertiary/aromatic N) is 4. The Morgan fingerprint density at radius 1 is 1.18 bits per heavy atom. The van der Waals surface area contributed by atoms with Crippen molar-refractivity contribution in [2.45, 2.75) is 38.6 Å². The number of piperazine rings is 1. The van der Waals surface area contributed by atoms with Crippen molar-refractivity contribution in [1.29, 1.82) is 5.41 Å². The molecule has 1 heterocycles. The van der Waals surface area contributed by atoms with E-state index in [1.54, 1.807) is 6.92 Å². The molecule has 0 bridgehead atoms. The van der Waals surface area contributed by atoms with Crippen LogP contribution < -0.4 is 16.0 Å². The van der Waals surface area contributed by atoms with E-state index in [2.05, 4.69) is 39.3 Å². The van der Waals surface area contributed by atoms with Gasteiger partial charge in [-0.1, -0.05) is 12.8 Å². The number of nitrogens with one attached hydrogen (secondary N) is 2. The molecule has 0 atom stereocenters. The zero-order valence-corrected chi connectivity index (χ0v) is 16.8. The lowest BCUT2D eigenvalue weighted by Gasteiger charge is -2.34. The number of hydrogen-bond donors (Lipinski definition) is 3. The second kappa shape index (κ2) is 9.05. The Labute approximate surface area is 166 Å². The fourth-order valence-corrected chi connectivity index (χ4v) is 3.97. The molecule has 0 aromatic heterocycles. The first-order valence-electron chi connectivity index (χ1n) is 9.97. The molecule has 152 valence electrons. The number of carbonyl (C=O) groups is 1. The number of rotatable bonds is 3. The van der Waals surface area contributed by atoms with Crippen LogP contribution in [0.25, 0.3) is 0 Å². The van der Waals surface area contributed by atoms with Gasteiger partial charge in [-0.25, -0.2) is 9.79 Å². The molecule has 28 heavy (non-hydrogen) atoms. The van der Waals surface area contributed by atoms with Crippen molar-refractivity contribution in [1.82, 2.24) is 9.80 Å². The predicted octanol–water partition coefficient (Wildman–Crippen LogP) is 2.53. The summed E-state index contributed by atoms with van der Waals surface area (Å²) < 4.78 is 0. The monoisotopic (exact) mass is 385 g/mol. The Morgan fingerprint density at radius 2 is 1.79 bits per heavy atom. The Kier molecular flexibility index (Phi) is 6.51. The van der Waals surface area contributed by atoms with Gasteiger partial charge in [0, 0.05) is 43.6 Å². The molecule has 0 radical (unpaired) electrons. The van der Waals surface area contributed by atoms with Gasteiger partial charge in [0.2, 0.25) is 5.96 Å². The van der Waals surface area contributed by atoms with Gasteiger partial charge in [-0.15, -0.1) is 0 Å². The van der Waals surface area contributed by atoms with Crippen LogP contribution in [0.3, 0.4) is 0 Å². The zero-order valence-electron chi connectivity index (χ0n) is 16.8. The summed E-state index contributed by atoms with van der Waals surface area (Å²) in [5.41, 5.74) is 7.53. The number of guanidine groups is 1. The minimum absolute atomic E-state index is 0.00547. The molecular formula is C20H31N7O. The van der Waals surface area contributed by atoms with Crippen LogP contribution in [0.5, 0.6) is 0 Å². The number of amidine groups is 1. The number of amides is 2. The Balaban J connectivity index is 1.60. The number of benzene rings is 1. The highest BCUT2D eigenvalue weighted by Gasteiger charge is 2.27. The van der Waals surface area contributed by atoms with Crippen LogP contribution in [-0.4, -0.2) is 66.9 Å². The third-order valence-corrected chi connectivity index (χ3v) is 5.55. The Hall–Kier alpha value is -2.61. The maximum Gasteiger partial charge on any atom is 0.320 e. The average Bonchev–Trinajstić information content (AvgIpc) is 3.16. The van der Waals surface area contributed by atoms with Crippen LogP contribution in [0.2, 0.25) is 0 Å². The lowest BCUT2D eigenvalue weighted by molar-refractivity contribution is 0.217. The normalized spacial score (nSPS) is 18.9. The number of hydrogen-bond acceptors (Lipinski definition) is 4. The van der Waals surface area contributed by atoms with E-state index in [0.29, 0.717) is 5.84 Å².